The van der Waals surface area contributed by atoms with Crippen molar-refractivity contribution in [1.29, 1.82) is 0 Å². The first kappa shape index (κ1) is 16.5. The minimum absolute atomic E-state index is 0.0812. The van der Waals surface area contributed by atoms with Crippen LogP contribution in [0.15, 0.2) is 30.3 Å². The number of carbonyl (C=O) groups excluding carboxylic acids is 1. The SMILES string of the molecule is NC1(C(=O)NC2CCN(CCc3ccccc3)CC2)CCCC1. The van der Waals surface area contributed by atoms with Gasteiger partial charge in [0, 0.05) is 25.7 Å². The van der Waals surface area contributed by atoms with Gasteiger partial charge in [-0.15, -0.1) is 0 Å². The smallest absolute Gasteiger partial charge is 0.240 e. The summed E-state index contributed by atoms with van der Waals surface area (Å²) in [6, 6.07) is 10.9. The van der Waals surface area contributed by atoms with Gasteiger partial charge in [0.25, 0.3) is 0 Å². The van der Waals surface area contributed by atoms with Gasteiger partial charge < -0.3 is 16.0 Å². The van der Waals surface area contributed by atoms with E-state index < -0.39 is 5.54 Å². The second-order valence-electron chi connectivity index (χ2n) is 7.19. The molecule has 23 heavy (non-hydrogen) atoms. The van der Waals surface area contributed by atoms with E-state index in [4.69, 9.17) is 5.73 Å². The van der Waals surface area contributed by atoms with Gasteiger partial charge in [0.15, 0.2) is 0 Å². The largest absolute Gasteiger partial charge is 0.352 e. The number of likely N-dealkylation sites (tertiary alicyclic amines) is 1. The van der Waals surface area contributed by atoms with Crippen LogP contribution in [0.5, 0.6) is 0 Å². The van der Waals surface area contributed by atoms with Gasteiger partial charge in [-0.05, 0) is 37.7 Å². The van der Waals surface area contributed by atoms with E-state index in [1.54, 1.807) is 0 Å². The number of amides is 1. The molecule has 1 aromatic rings. The van der Waals surface area contributed by atoms with Crippen molar-refractivity contribution < 1.29 is 4.79 Å². The fraction of sp³-hybridized carbons (Fsp3) is 0.632. The number of hydrogen-bond donors (Lipinski definition) is 2. The molecule has 1 saturated heterocycles. The Morgan fingerprint density at radius 2 is 1.83 bits per heavy atom. The first-order valence-corrected chi connectivity index (χ1v) is 9.02. The van der Waals surface area contributed by atoms with Crippen molar-refractivity contribution in [3.05, 3.63) is 35.9 Å². The van der Waals surface area contributed by atoms with Gasteiger partial charge in [-0.25, -0.2) is 0 Å². The number of nitrogens with one attached hydrogen (secondary N) is 1. The minimum Gasteiger partial charge on any atom is -0.352 e. The van der Waals surface area contributed by atoms with Gasteiger partial charge in [0.05, 0.1) is 5.54 Å². The minimum atomic E-state index is -0.593. The van der Waals surface area contributed by atoms with E-state index >= 15 is 0 Å². The molecule has 0 radical (unpaired) electrons. The standard InChI is InChI=1S/C19H29N3O/c20-19(11-4-5-12-19)18(23)21-17-9-14-22(15-10-17)13-8-16-6-2-1-3-7-16/h1-3,6-7,17H,4-5,8-15,20H2,(H,21,23). The summed E-state index contributed by atoms with van der Waals surface area (Å²) in [7, 11) is 0. The van der Waals surface area contributed by atoms with Crippen LogP contribution in [0.1, 0.15) is 44.1 Å². The van der Waals surface area contributed by atoms with Crippen LogP contribution in [0, 0.1) is 0 Å². The Hall–Kier alpha value is -1.39. The highest BCUT2D eigenvalue weighted by Gasteiger charge is 2.38. The van der Waals surface area contributed by atoms with Gasteiger partial charge in [-0.1, -0.05) is 43.2 Å². The van der Waals surface area contributed by atoms with Crippen molar-refractivity contribution in [2.45, 2.75) is 56.5 Å². The number of hydrogen-bond acceptors (Lipinski definition) is 3. The lowest BCUT2D eigenvalue weighted by Gasteiger charge is -2.34. The van der Waals surface area contributed by atoms with E-state index in [2.05, 4.69) is 40.5 Å². The molecule has 4 heteroatoms. The second kappa shape index (κ2) is 7.45. The molecule has 0 atom stereocenters. The Morgan fingerprint density at radius 1 is 1.17 bits per heavy atom. The summed E-state index contributed by atoms with van der Waals surface area (Å²) in [6.07, 6.45) is 7.03. The van der Waals surface area contributed by atoms with Crippen LogP contribution in [-0.4, -0.2) is 42.0 Å². The summed E-state index contributed by atoms with van der Waals surface area (Å²) in [5.74, 6) is 0.0812. The van der Waals surface area contributed by atoms with Crippen molar-refractivity contribution in [3.63, 3.8) is 0 Å². The summed E-state index contributed by atoms with van der Waals surface area (Å²) in [4.78, 5) is 14.9. The lowest BCUT2D eigenvalue weighted by atomic mass is 9.96. The fourth-order valence-electron chi connectivity index (χ4n) is 3.79. The maximum Gasteiger partial charge on any atom is 0.240 e. The molecule has 1 amide bonds. The number of nitrogens with zero attached hydrogens (tertiary/aromatic N) is 1. The molecule has 1 aromatic carbocycles. The third kappa shape index (κ3) is 4.33. The maximum absolute atomic E-state index is 12.4. The molecule has 0 unspecified atom stereocenters. The van der Waals surface area contributed by atoms with Crippen molar-refractivity contribution in [1.82, 2.24) is 10.2 Å². The highest BCUT2D eigenvalue weighted by molar-refractivity contribution is 5.86. The molecule has 2 fully saturated rings. The predicted octanol–water partition coefficient (Wildman–Crippen LogP) is 2.08. The topological polar surface area (TPSA) is 58.4 Å². The molecule has 0 spiro atoms. The van der Waals surface area contributed by atoms with Crippen LogP contribution in [-0.2, 0) is 11.2 Å². The predicted molar refractivity (Wildman–Crippen MR) is 93.1 cm³/mol. The maximum atomic E-state index is 12.4. The van der Waals surface area contributed by atoms with Crippen LogP contribution in [0.25, 0.3) is 0 Å². The molecule has 3 N–H and O–H groups in total. The zero-order valence-corrected chi connectivity index (χ0v) is 14.0. The number of nitrogens with two attached hydrogens (primary N) is 1. The lowest BCUT2D eigenvalue weighted by molar-refractivity contribution is -0.127. The lowest BCUT2D eigenvalue weighted by Crippen LogP contribution is -2.56. The van der Waals surface area contributed by atoms with Gasteiger partial charge in [-0.2, -0.15) is 0 Å². The van der Waals surface area contributed by atoms with Crippen LogP contribution in [0.3, 0.4) is 0 Å². The quantitative estimate of drug-likeness (QED) is 0.874. The van der Waals surface area contributed by atoms with Crippen LogP contribution >= 0.6 is 0 Å². The van der Waals surface area contributed by atoms with Crippen molar-refractivity contribution in [2.75, 3.05) is 19.6 Å². The van der Waals surface area contributed by atoms with Crippen LogP contribution in [0.4, 0.5) is 0 Å². The number of carbonyl (C=O) groups is 1. The monoisotopic (exact) mass is 315 g/mol. The average molecular weight is 315 g/mol. The molecule has 4 nitrogen and oxygen atoms in total. The van der Waals surface area contributed by atoms with Crippen molar-refractivity contribution in [3.8, 4) is 0 Å². The molecule has 1 saturated carbocycles. The Morgan fingerprint density at radius 3 is 2.48 bits per heavy atom. The summed E-state index contributed by atoms with van der Waals surface area (Å²) >= 11 is 0. The third-order valence-corrected chi connectivity index (χ3v) is 5.43. The van der Waals surface area contributed by atoms with Gasteiger partial charge in [0.1, 0.15) is 0 Å². The second-order valence-corrected chi connectivity index (χ2v) is 7.19. The van der Waals surface area contributed by atoms with E-state index in [0.717, 1.165) is 64.6 Å². The van der Waals surface area contributed by atoms with Crippen molar-refractivity contribution in [2.24, 2.45) is 5.73 Å². The highest BCUT2D eigenvalue weighted by atomic mass is 16.2. The summed E-state index contributed by atoms with van der Waals surface area (Å²) in [5, 5.41) is 3.21. The fourth-order valence-corrected chi connectivity index (χ4v) is 3.79. The van der Waals surface area contributed by atoms with Crippen molar-refractivity contribution >= 4 is 5.91 Å². The summed E-state index contributed by atoms with van der Waals surface area (Å²) < 4.78 is 0. The summed E-state index contributed by atoms with van der Waals surface area (Å²) in [5.41, 5.74) is 7.04. The van der Waals surface area contributed by atoms with E-state index in [1.165, 1.54) is 5.56 Å². The highest BCUT2D eigenvalue weighted by Crippen LogP contribution is 2.27. The molecule has 2 aliphatic rings. The molecular formula is C19H29N3O. The average Bonchev–Trinajstić information content (AvgIpc) is 3.03. The number of benzene rings is 1. The molecule has 3 rings (SSSR count). The normalized spacial score (nSPS) is 22.1. The Labute approximate surface area is 139 Å². The zero-order valence-electron chi connectivity index (χ0n) is 14.0. The van der Waals surface area contributed by atoms with Crippen LogP contribution < -0.4 is 11.1 Å². The summed E-state index contributed by atoms with van der Waals surface area (Å²) in [6.45, 7) is 3.23. The molecule has 0 aromatic heterocycles. The molecule has 1 aliphatic heterocycles. The third-order valence-electron chi connectivity index (χ3n) is 5.43. The zero-order chi connectivity index (χ0) is 16.1. The van der Waals surface area contributed by atoms with E-state index in [1.807, 2.05) is 0 Å². The van der Waals surface area contributed by atoms with E-state index in [9.17, 15) is 4.79 Å². The molecule has 0 bridgehead atoms. The molecule has 126 valence electrons. The van der Waals surface area contributed by atoms with Crippen LogP contribution in [0.2, 0.25) is 0 Å². The Bertz CT molecular complexity index is 503. The molecule has 1 heterocycles. The first-order chi connectivity index (χ1) is 11.2. The first-order valence-electron chi connectivity index (χ1n) is 9.02. The molecular weight excluding hydrogens is 286 g/mol. The number of rotatable bonds is 5. The van der Waals surface area contributed by atoms with Gasteiger partial charge in [-0.3, -0.25) is 4.79 Å². The van der Waals surface area contributed by atoms with E-state index in [0.29, 0.717) is 6.04 Å². The Kier molecular flexibility index (Phi) is 5.34. The van der Waals surface area contributed by atoms with E-state index in [-0.39, 0.29) is 5.91 Å². The van der Waals surface area contributed by atoms with Gasteiger partial charge >= 0.3 is 0 Å². The molecule has 1 aliphatic carbocycles. The number of piperidine rings is 1. The van der Waals surface area contributed by atoms with Gasteiger partial charge in [0.2, 0.25) is 5.91 Å². The Balaban J connectivity index is 1.39.